The molecule has 27 heavy (non-hydrogen) atoms. The van der Waals surface area contributed by atoms with Crippen LogP contribution < -0.4 is 5.73 Å². The summed E-state index contributed by atoms with van der Waals surface area (Å²) in [7, 11) is 0. The second-order valence-electron chi connectivity index (χ2n) is 11.4. The van der Waals surface area contributed by atoms with Gasteiger partial charge in [0.2, 0.25) is 0 Å². The number of unbranched alkanes of at least 4 members (excludes halogenated alkanes) is 3. The van der Waals surface area contributed by atoms with Gasteiger partial charge in [0.25, 0.3) is 0 Å². The van der Waals surface area contributed by atoms with Crippen molar-refractivity contribution in [2.75, 3.05) is 0 Å². The van der Waals surface area contributed by atoms with Gasteiger partial charge in [0.1, 0.15) is 5.78 Å². The van der Waals surface area contributed by atoms with Crippen LogP contribution in [0.25, 0.3) is 0 Å². The molecular formula is C25H43NO. The van der Waals surface area contributed by atoms with E-state index in [1.807, 2.05) is 0 Å². The molecule has 0 aliphatic heterocycles. The van der Waals surface area contributed by atoms with Gasteiger partial charge in [-0.25, -0.2) is 0 Å². The standard InChI is InChI=1S/C25H43NO/c1-4-5-6-7-8-17-15-21-18-9-10-20-23(26)22(27)12-14-25(20,3)19(18)11-13-24(21,2)16-17/h17-21,23H,4-16,26H2,1-3H3/t17-,18+,19-,20-,21-,23?,24+,25+/m0/s1. The molecule has 0 spiro atoms. The maximum Gasteiger partial charge on any atom is 0.149 e. The number of rotatable bonds is 5. The molecule has 0 bridgehead atoms. The molecule has 154 valence electrons. The molecule has 4 aliphatic carbocycles. The maximum absolute atomic E-state index is 12.2. The minimum Gasteiger partial charge on any atom is -0.321 e. The summed E-state index contributed by atoms with van der Waals surface area (Å²) in [6.07, 6.45) is 17.3. The highest BCUT2D eigenvalue weighted by molar-refractivity contribution is 5.85. The fourth-order valence-corrected chi connectivity index (χ4v) is 8.52. The lowest BCUT2D eigenvalue weighted by atomic mass is 9.44. The van der Waals surface area contributed by atoms with E-state index in [-0.39, 0.29) is 6.04 Å². The molecule has 4 fully saturated rings. The van der Waals surface area contributed by atoms with Crippen LogP contribution in [0, 0.1) is 40.4 Å². The van der Waals surface area contributed by atoms with Crippen LogP contribution in [0.4, 0.5) is 0 Å². The number of carbonyl (C=O) groups excluding carboxylic acids is 1. The molecule has 1 unspecified atom stereocenters. The molecule has 2 N–H and O–H groups in total. The quantitative estimate of drug-likeness (QED) is 0.590. The molecule has 0 aromatic rings. The summed E-state index contributed by atoms with van der Waals surface area (Å²) in [5, 5.41) is 0. The Morgan fingerprint density at radius 3 is 2.59 bits per heavy atom. The van der Waals surface area contributed by atoms with Crippen molar-refractivity contribution in [1.29, 1.82) is 0 Å². The van der Waals surface area contributed by atoms with Crippen LogP contribution in [0.15, 0.2) is 0 Å². The van der Waals surface area contributed by atoms with Gasteiger partial charge in [-0.3, -0.25) is 4.79 Å². The van der Waals surface area contributed by atoms with Gasteiger partial charge in [-0.1, -0.05) is 52.9 Å². The van der Waals surface area contributed by atoms with Crippen LogP contribution >= 0.6 is 0 Å². The second-order valence-corrected chi connectivity index (χ2v) is 11.4. The second kappa shape index (κ2) is 7.47. The average Bonchev–Trinajstić information content (AvgIpc) is 2.99. The van der Waals surface area contributed by atoms with Gasteiger partial charge < -0.3 is 5.73 Å². The van der Waals surface area contributed by atoms with Crippen molar-refractivity contribution in [3.8, 4) is 0 Å². The lowest BCUT2D eigenvalue weighted by Crippen LogP contribution is -2.59. The Kier molecular flexibility index (Phi) is 5.51. The summed E-state index contributed by atoms with van der Waals surface area (Å²) in [6.45, 7) is 7.46. The SMILES string of the molecule is CCCCCC[C@H]1C[C@H]2[C@@H]3CC[C@H]4C(N)C(=O)CC[C@]4(C)[C@H]3CC[C@]2(C)C1. The first kappa shape index (κ1) is 19.9. The number of hydrogen-bond acceptors (Lipinski definition) is 2. The van der Waals surface area contributed by atoms with E-state index in [0.29, 0.717) is 22.5 Å². The molecule has 0 radical (unpaired) electrons. The van der Waals surface area contributed by atoms with Crippen LogP contribution in [0.5, 0.6) is 0 Å². The first-order valence-electron chi connectivity index (χ1n) is 12.2. The van der Waals surface area contributed by atoms with Crippen molar-refractivity contribution in [2.24, 2.45) is 46.2 Å². The molecule has 4 aliphatic rings. The highest BCUT2D eigenvalue weighted by atomic mass is 16.1. The van der Waals surface area contributed by atoms with Crippen molar-refractivity contribution >= 4 is 5.78 Å². The first-order chi connectivity index (χ1) is 12.9. The van der Waals surface area contributed by atoms with E-state index in [0.717, 1.165) is 36.5 Å². The summed E-state index contributed by atoms with van der Waals surface area (Å²) in [4.78, 5) is 12.2. The predicted molar refractivity (Wildman–Crippen MR) is 112 cm³/mol. The predicted octanol–water partition coefficient (Wildman–Crippen LogP) is 6.12. The monoisotopic (exact) mass is 373 g/mol. The number of hydrogen-bond donors (Lipinski definition) is 1. The zero-order valence-electron chi connectivity index (χ0n) is 18.1. The van der Waals surface area contributed by atoms with E-state index >= 15 is 0 Å². The van der Waals surface area contributed by atoms with E-state index in [9.17, 15) is 4.79 Å². The first-order valence-corrected chi connectivity index (χ1v) is 12.2. The molecule has 0 aromatic heterocycles. The van der Waals surface area contributed by atoms with E-state index < -0.39 is 0 Å². The smallest absolute Gasteiger partial charge is 0.149 e. The molecule has 2 heteroatoms. The highest BCUT2D eigenvalue weighted by Gasteiger charge is 2.60. The minimum absolute atomic E-state index is 0.173. The number of nitrogens with two attached hydrogens (primary N) is 1. The Balaban J connectivity index is 1.47. The Morgan fingerprint density at radius 1 is 1.00 bits per heavy atom. The third-order valence-electron chi connectivity index (χ3n) is 9.98. The molecule has 4 rings (SSSR count). The van der Waals surface area contributed by atoms with E-state index in [2.05, 4.69) is 20.8 Å². The molecule has 0 amide bonds. The van der Waals surface area contributed by atoms with Gasteiger partial charge >= 0.3 is 0 Å². The fraction of sp³-hybridized carbons (Fsp3) is 0.960. The van der Waals surface area contributed by atoms with Crippen molar-refractivity contribution in [2.45, 2.75) is 110 Å². The van der Waals surface area contributed by atoms with E-state index in [1.165, 1.54) is 70.6 Å². The Morgan fingerprint density at radius 2 is 1.81 bits per heavy atom. The van der Waals surface area contributed by atoms with E-state index in [4.69, 9.17) is 5.73 Å². The number of ketones is 1. The minimum atomic E-state index is -0.173. The average molecular weight is 374 g/mol. The Hall–Kier alpha value is -0.370. The van der Waals surface area contributed by atoms with Gasteiger partial charge in [0.15, 0.2) is 0 Å². The van der Waals surface area contributed by atoms with Gasteiger partial charge in [-0.05, 0) is 85.4 Å². The fourth-order valence-electron chi connectivity index (χ4n) is 8.52. The number of fused-ring (bicyclic) bond motifs is 5. The molecule has 4 saturated carbocycles. The zero-order valence-corrected chi connectivity index (χ0v) is 18.1. The van der Waals surface area contributed by atoms with Gasteiger partial charge in [0, 0.05) is 6.42 Å². The maximum atomic E-state index is 12.2. The normalized spacial score (nSPS) is 49.4. The van der Waals surface area contributed by atoms with Crippen LogP contribution in [0.3, 0.4) is 0 Å². The third-order valence-corrected chi connectivity index (χ3v) is 9.98. The van der Waals surface area contributed by atoms with Crippen LogP contribution in [-0.2, 0) is 4.79 Å². The van der Waals surface area contributed by atoms with Gasteiger partial charge in [-0.2, -0.15) is 0 Å². The Bertz CT molecular complexity index is 559. The molecule has 2 nitrogen and oxygen atoms in total. The Labute approximate surface area is 167 Å². The van der Waals surface area contributed by atoms with Crippen LogP contribution in [-0.4, -0.2) is 11.8 Å². The zero-order chi connectivity index (χ0) is 19.2. The molecule has 0 aromatic carbocycles. The lowest BCUT2D eigenvalue weighted by molar-refractivity contribution is -0.141. The highest BCUT2D eigenvalue weighted by Crippen LogP contribution is 2.66. The molecule has 0 heterocycles. The van der Waals surface area contributed by atoms with Crippen LogP contribution in [0.1, 0.15) is 104 Å². The lowest BCUT2D eigenvalue weighted by Gasteiger charge is -2.60. The van der Waals surface area contributed by atoms with Crippen molar-refractivity contribution in [3.63, 3.8) is 0 Å². The van der Waals surface area contributed by atoms with Crippen molar-refractivity contribution in [3.05, 3.63) is 0 Å². The summed E-state index contributed by atoms with van der Waals surface area (Å²) < 4.78 is 0. The van der Waals surface area contributed by atoms with Crippen molar-refractivity contribution < 1.29 is 4.79 Å². The number of Topliss-reactive ketones (excluding diaryl/α,β-unsaturated/α-hetero) is 1. The largest absolute Gasteiger partial charge is 0.321 e. The third kappa shape index (κ3) is 3.32. The molecule has 0 saturated heterocycles. The van der Waals surface area contributed by atoms with Crippen LogP contribution in [0.2, 0.25) is 0 Å². The molecular weight excluding hydrogens is 330 g/mol. The summed E-state index contributed by atoms with van der Waals surface area (Å²) in [5.41, 5.74) is 7.36. The van der Waals surface area contributed by atoms with Gasteiger partial charge in [-0.15, -0.1) is 0 Å². The topological polar surface area (TPSA) is 43.1 Å². The van der Waals surface area contributed by atoms with Crippen molar-refractivity contribution in [1.82, 2.24) is 0 Å². The number of carbonyl (C=O) groups is 1. The summed E-state index contributed by atoms with van der Waals surface area (Å²) >= 11 is 0. The molecule has 8 atom stereocenters. The summed E-state index contributed by atoms with van der Waals surface area (Å²) in [6, 6.07) is -0.173. The summed E-state index contributed by atoms with van der Waals surface area (Å²) in [5.74, 6) is 4.45. The van der Waals surface area contributed by atoms with E-state index in [1.54, 1.807) is 0 Å². The van der Waals surface area contributed by atoms with Gasteiger partial charge in [0.05, 0.1) is 6.04 Å².